The van der Waals surface area contributed by atoms with Crippen LogP contribution in [-0.2, 0) is 11.3 Å². The number of fused-ring (bicyclic) bond motifs is 1. The van der Waals surface area contributed by atoms with E-state index in [1.807, 2.05) is 6.07 Å². The van der Waals surface area contributed by atoms with Crippen molar-refractivity contribution >= 4 is 32.7 Å². The molecule has 2 heterocycles. The normalized spacial score (nSPS) is 15.5. The van der Waals surface area contributed by atoms with Crippen LogP contribution in [0.25, 0.3) is 10.9 Å². The molecule has 0 radical (unpaired) electrons. The summed E-state index contributed by atoms with van der Waals surface area (Å²) >= 11 is 3.35. The zero-order valence-corrected chi connectivity index (χ0v) is 15.1. The van der Waals surface area contributed by atoms with E-state index in [2.05, 4.69) is 31.1 Å². The first kappa shape index (κ1) is 17.1. The second-order valence-electron chi connectivity index (χ2n) is 6.09. The molecular formula is C17H21BrN4O2. The Morgan fingerprint density at radius 2 is 2.04 bits per heavy atom. The van der Waals surface area contributed by atoms with Crippen molar-refractivity contribution in [2.75, 3.05) is 26.2 Å². The zero-order valence-electron chi connectivity index (χ0n) is 13.5. The lowest BCUT2D eigenvalue weighted by molar-refractivity contribution is -0.121. The molecule has 7 heteroatoms. The molecule has 0 spiro atoms. The summed E-state index contributed by atoms with van der Waals surface area (Å²) in [7, 11) is 0. The molecule has 3 rings (SSSR count). The molecule has 2 aromatic rings. The van der Waals surface area contributed by atoms with E-state index in [1.165, 1.54) is 30.2 Å². The van der Waals surface area contributed by atoms with Crippen LogP contribution in [0.15, 0.2) is 33.8 Å². The van der Waals surface area contributed by atoms with Gasteiger partial charge in [0, 0.05) is 17.6 Å². The van der Waals surface area contributed by atoms with E-state index in [4.69, 9.17) is 0 Å². The molecule has 1 N–H and O–H groups in total. The lowest BCUT2D eigenvalue weighted by Crippen LogP contribution is -2.39. The SMILES string of the molecule is O=C(Cn1cnc2ccc(Br)cc2c1=O)NCCN1CCCCC1. The van der Waals surface area contributed by atoms with Gasteiger partial charge in [0.15, 0.2) is 0 Å². The Hall–Kier alpha value is -1.73. The third-order valence-electron chi connectivity index (χ3n) is 4.30. The summed E-state index contributed by atoms with van der Waals surface area (Å²) in [6.45, 7) is 3.69. The number of hydrogen-bond donors (Lipinski definition) is 1. The highest BCUT2D eigenvalue weighted by Gasteiger charge is 2.11. The fraction of sp³-hybridized carbons (Fsp3) is 0.471. The van der Waals surface area contributed by atoms with Crippen LogP contribution in [0.3, 0.4) is 0 Å². The van der Waals surface area contributed by atoms with Gasteiger partial charge in [-0.25, -0.2) is 4.98 Å². The van der Waals surface area contributed by atoms with E-state index in [-0.39, 0.29) is 18.0 Å². The highest BCUT2D eigenvalue weighted by molar-refractivity contribution is 9.10. The van der Waals surface area contributed by atoms with Crippen molar-refractivity contribution in [1.82, 2.24) is 19.8 Å². The highest BCUT2D eigenvalue weighted by atomic mass is 79.9. The van der Waals surface area contributed by atoms with Crippen molar-refractivity contribution in [3.05, 3.63) is 39.4 Å². The largest absolute Gasteiger partial charge is 0.353 e. The maximum absolute atomic E-state index is 12.5. The van der Waals surface area contributed by atoms with Gasteiger partial charge in [-0.05, 0) is 44.1 Å². The molecule has 1 aromatic carbocycles. The van der Waals surface area contributed by atoms with Crippen molar-refractivity contribution in [1.29, 1.82) is 0 Å². The van der Waals surface area contributed by atoms with Crippen molar-refractivity contribution in [3.8, 4) is 0 Å². The van der Waals surface area contributed by atoms with Crippen LogP contribution in [0.4, 0.5) is 0 Å². The predicted molar refractivity (Wildman–Crippen MR) is 97.0 cm³/mol. The lowest BCUT2D eigenvalue weighted by atomic mass is 10.1. The second-order valence-corrected chi connectivity index (χ2v) is 7.01. The monoisotopic (exact) mass is 392 g/mol. The Morgan fingerprint density at radius 3 is 2.83 bits per heavy atom. The molecule has 0 aliphatic carbocycles. The number of halogens is 1. The average Bonchev–Trinajstić information content (AvgIpc) is 2.59. The van der Waals surface area contributed by atoms with Crippen LogP contribution in [0.1, 0.15) is 19.3 Å². The van der Waals surface area contributed by atoms with Crippen molar-refractivity contribution in [3.63, 3.8) is 0 Å². The Bertz CT molecular complexity index is 784. The first-order chi connectivity index (χ1) is 11.6. The number of hydrogen-bond acceptors (Lipinski definition) is 4. The number of likely N-dealkylation sites (tertiary alicyclic amines) is 1. The Kier molecular flexibility index (Phi) is 5.63. The van der Waals surface area contributed by atoms with Gasteiger partial charge in [0.2, 0.25) is 5.91 Å². The van der Waals surface area contributed by atoms with Gasteiger partial charge >= 0.3 is 0 Å². The molecule has 1 saturated heterocycles. The van der Waals surface area contributed by atoms with E-state index < -0.39 is 0 Å². The van der Waals surface area contributed by atoms with E-state index in [0.717, 1.165) is 24.1 Å². The van der Waals surface area contributed by atoms with Gasteiger partial charge in [0.1, 0.15) is 6.54 Å². The Labute approximate surface area is 149 Å². The number of nitrogens with zero attached hydrogens (tertiary/aromatic N) is 3. The number of rotatable bonds is 5. The summed E-state index contributed by atoms with van der Waals surface area (Å²) in [5, 5.41) is 3.40. The fourth-order valence-corrected chi connectivity index (χ4v) is 3.35. The van der Waals surface area contributed by atoms with E-state index in [1.54, 1.807) is 12.1 Å². The molecule has 0 bridgehead atoms. The minimum atomic E-state index is -0.201. The number of nitrogens with one attached hydrogen (secondary N) is 1. The number of carbonyl (C=O) groups excluding carboxylic acids is 1. The minimum Gasteiger partial charge on any atom is -0.353 e. The molecule has 1 aliphatic rings. The van der Waals surface area contributed by atoms with Crippen molar-refractivity contribution in [2.45, 2.75) is 25.8 Å². The quantitative estimate of drug-likeness (QED) is 0.841. The second kappa shape index (κ2) is 7.90. The molecule has 128 valence electrons. The van der Waals surface area contributed by atoms with Gasteiger partial charge < -0.3 is 10.2 Å². The van der Waals surface area contributed by atoms with Gasteiger partial charge in [0.25, 0.3) is 5.56 Å². The number of aromatic nitrogens is 2. The first-order valence-corrected chi connectivity index (χ1v) is 9.06. The molecule has 1 fully saturated rings. The summed E-state index contributed by atoms with van der Waals surface area (Å²) in [4.78, 5) is 31.1. The third kappa shape index (κ3) is 4.21. The molecule has 24 heavy (non-hydrogen) atoms. The molecule has 1 aromatic heterocycles. The van der Waals surface area contributed by atoms with Crippen LogP contribution in [0.5, 0.6) is 0 Å². The molecular weight excluding hydrogens is 372 g/mol. The maximum Gasteiger partial charge on any atom is 0.261 e. The topological polar surface area (TPSA) is 67.2 Å². The molecule has 0 atom stereocenters. The van der Waals surface area contributed by atoms with Gasteiger partial charge in [0.05, 0.1) is 17.2 Å². The number of amides is 1. The van der Waals surface area contributed by atoms with E-state index in [0.29, 0.717) is 17.4 Å². The summed E-state index contributed by atoms with van der Waals surface area (Å²) in [5.41, 5.74) is 0.428. The van der Waals surface area contributed by atoms with Crippen molar-refractivity contribution in [2.24, 2.45) is 0 Å². The van der Waals surface area contributed by atoms with Gasteiger partial charge in [-0.3, -0.25) is 14.2 Å². The van der Waals surface area contributed by atoms with Crippen molar-refractivity contribution < 1.29 is 4.79 Å². The molecule has 1 amide bonds. The smallest absolute Gasteiger partial charge is 0.261 e. The Balaban J connectivity index is 1.58. The zero-order chi connectivity index (χ0) is 16.9. The first-order valence-electron chi connectivity index (χ1n) is 8.27. The number of benzene rings is 1. The van der Waals surface area contributed by atoms with Crippen LogP contribution in [0, 0.1) is 0 Å². The van der Waals surface area contributed by atoms with Gasteiger partial charge in [-0.15, -0.1) is 0 Å². The third-order valence-corrected chi connectivity index (χ3v) is 4.79. The summed E-state index contributed by atoms with van der Waals surface area (Å²) in [6.07, 6.45) is 5.21. The molecule has 0 unspecified atom stereocenters. The molecule has 6 nitrogen and oxygen atoms in total. The van der Waals surface area contributed by atoms with Crippen LogP contribution in [0.2, 0.25) is 0 Å². The minimum absolute atomic E-state index is 0.00567. The van der Waals surface area contributed by atoms with Crippen LogP contribution in [-0.4, -0.2) is 46.5 Å². The predicted octanol–water partition coefficient (Wildman–Crippen LogP) is 1.76. The molecule has 0 saturated carbocycles. The fourth-order valence-electron chi connectivity index (χ4n) is 2.99. The standard InChI is InChI=1S/C17H21BrN4O2/c18-13-4-5-15-14(10-13)17(24)22(12-20-15)11-16(23)19-6-9-21-7-2-1-3-8-21/h4-5,10,12H,1-3,6-9,11H2,(H,19,23). The van der Waals surface area contributed by atoms with Gasteiger partial charge in [-0.1, -0.05) is 22.4 Å². The summed E-state index contributed by atoms with van der Waals surface area (Å²) in [5.74, 6) is -0.162. The highest BCUT2D eigenvalue weighted by Crippen LogP contribution is 2.14. The summed E-state index contributed by atoms with van der Waals surface area (Å²) < 4.78 is 2.17. The van der Waals surface area contributed by atoms with Crippen LogP contribution >= 0.6 is 15.9 Å². The van der Waals surface area contributed by atoms with Gasteiger partial charge in [-0.2, -0.15) is 0 Å². The van der Waals surface area contributed by atoms with E-state index >= 15 is 0 Å². The lowest BCUT2D eigenvalue weighted by Gasteiger charge is -2.26. The summed E-state index contributed by atoms with van der Waals surface area (Å²) in [6, 6.07) is 5.35. The van der Waals surface area contributed by atoms with E-state index in [9.17, 15) is 9.59 Å². The van der Waals surface area contributed by atoms with Crippen LogP contribution < -0.4 is 10.9 Å². The maximum atomic E-state index is 12.5. The Morgan fingerprint density at radius 1 is 1.25 bits per heavy atom. The number of piperidine rings is 1. The molecule has 1 aliphatic heterocycles. The number of carbonyl (C=O) groups is 1. The average molecular weight is 393 g/mol.